The standard InChI is InChI=1S/C16H22N2O3/c1-5-9-17-16(19)12-18(3)11-13-7-8-14(21-6-2)15(10-13)20-4/h1,7-8,10H,6,9,11-12H2,2-4H3,(H,17,19)/p+1. The smallest absolute Gasteiger partial charge is 0.275 e. The van der Waals surface area contributed by atoms with Gasteiger partial charge in [-0.3, -0.25) is 4.79 Å². The third-order valence-electron chi connectivity index (χ3n) is 2.88. The van der Waals surface area contributed by atoms with Gasteiger partial charge in [0.05, 0.1) is 27.3 Å². The molecule has 114 valence electrons. The Morgan fingerprint density at radius 3 is 2.81 bits per heavy atom. The minimum atomic E-state index is -0.0525. The Kier molecular flexibility index (Phi) is 7.13. The second kappa shape index (κ2) is 8.88. The molecule has 0 aromatic heterocycles. The van der Waals surface area contributed by atoms with E-state index in [1.807, 2.05) is 32.2 Å². The Bertz CT molecular complexity index is 509. The molecule has 0 heterocycles. The predicted octanol–water partition coefficient (Wildman–Crippen LogP) is -0.142. The lowest BCUT2D eigenvalue weighted by molar-refractivity contribution is -0.885. The summed E-state index contributed by atoms with van der Waals surface area (Å²) in [7, 11) is 3.57. The fourth-order valence-corrected chi connectivity index (χ4v) is 1.99. The molecular weight excluding hydrogens is 268 g/mol. The van der Waals surface area contributed by atoms with Crippen LogP contribution < -0.4 is 19.7 Å². The average Bonchev–Trinajstić information content (AvgIpc) is 2.46. The van der Waals surface area contributed by atoms with Crippen molar-refractivity contribution in [2.45, 2.75) is 13.5 Å². The molecule has 0 saturated heterocycles. The van der Waals surface area contributed by atoms with E-state index in [1.54, 1.807) is 7.11 Å². The van der Waals surface area contributed by atoms with Crippen LogP contribution in [0.1, 0.15) is 12.5 Å². The normalized spacial score (nSPS) is 11.3. The van der Waals surface area contributed by atoms with Gasteiger partial charge in [-0.1, -0.05) is 5.92 Å². The Balaban J connectivity index is 2.62. The molecule has 1 atom stereocenters. The summed E-state index contributed by atoms with van der Waals surface area (Å²) in [5.41, 5.74) is 1.08. The maximum absolute atomic E-state index is 11.6. The summed E-state index contributed by atoms with van der Waals surface area (Å²) in [5, 5.41) is 2.66. The van der Waals surface area contributed by atoms with Crippen LogP contribution in [-0.4, -0.2) is 39.8 Å². The SMILES string of the molecule is C#CCNC(=O)C[NH+](C)Cc1ccc(OCC)c(OC)c1. The fourth-order valence-electron chi connectivity index (χ4n) is 1.99. The molecule has 0 bridgehead atoms. The molecule has 0 aliphatic rings. The largest absolute Gasteiger partial charge is 0.493 e. The summed E-state index contributed by atoms with van der Waals surface area (Å²) < 4.78 is 10.8. The van der Waals surface area contributed by atoms with Crippen LogP contribution in [-0.2, 0) is 11.3 Å². The maximum atomic E-state index is 11.6. The Labute approximate surface area is 126 Å². The third-order valence-corrected chi connectivity index (χ3v) is 2.88. The number of nitrogens with one attached hydrogen (secondary N) is 2. The molecule has 1 aromatic carbocycles. The summed E-state index contributed by atoms with van der Waals surface area (Å²) in [5.74, 6) is 3.77. The van der Waals surface area contributed by atoms with Gasteiger partial charge >= 0.3 is 0 Å². The summed E-state index contributed by atoms with van der Waals surface area (Å²) >= 11 is 0. The molecular formula is C16H23N2O3+. The lowest BCUT2D eigenvalue weighted by Gasteiger charge is -2.15. The Hall–Kier alpha value is -2.19. The number of hydrogen-bond donors (Lipinski definition) is 2. The molecule has 2 N–H and O–H groups in total. The summed E-state index contributed by atoms with van der Waals surface area (Å²) in [6.45, 7) is 3.88. The first-order valence-electron chi connectivity index (χ1n) is 6.91. The van der Waals surface area contributed by atoms with E-state index in [1.165, 1.54) is 0 Å². The minimum Gasteiger partial charge on any atom is -0.493 e. The van der Waals surface area contributed by atoms with Crippen LogP contribution in [0.15, 0.2) is 18.2 Å². The van der Waals surface area contributed by atoms with Crippen LogP contribution in [0, 0.1) is 12.3 Å². The van der Waals surface area contributed by atoms with Crippen molar-refractivity contribution >= 4 is 5.91 Å². The van der Waals surface area contributed by atoms with Crippen LogP contribution in [0.5, 0.6) is 11.5 Å². The highest BCUT2D eigenvalue weighted by atomic mass is 16.5. The van der Waals surface area contributed by atoms with Gasteiger partial charge < -0.3 is 19.7 Å². The van der Waals surface area contributed by atoms with E-state index in [2.05, 4.69) is 11.2 Å². The Morgan fingerprint density at radius 2 is 2.19 bits per heavy atom. The van der Waals surface area contributed by atoms with Crippen LogP contribution in [0.2, 0.25) is 0 Å². The molecule has 5 nitrogen and oxygen atoms in total. The van der Waals surface area contributed by atoms with Gasteiger partial charge in [0, 0.05) is 5.56 Å². The van der Waals surface area contributed by atoms with E-state index in [0.29, 0.717) is 25.4 Å². The van der Waals surface area contributed by atoms with E-state index in [9.17, 15) is 4.79 Å². The average molecular weight is 291 g/mol. The lowest BCUT2D eigenvalue weighted by atomic mass is 10.2. The zero-order valence-corrected chi connectivity index (χ0v) is 12.9. The number of quaternary nitrogens is 1. The molecule has 1 aromatic rings. The van der Waals surface area contributed by atoms with E-state index in [4.69, 9.17) is 15.9 Å². The van der Waals surface area contributed by atoms with Crippen molar-refractivity contribution in [3.8, 4) is 23.8 Å². The van der Waals surface area contributed by atoms with Crippen LogP contribution in [0.3, 0.4) is 0 Å². The number of benzene rings is 1. The number of amides is 1. The molecule has 0 spiro atoms. The molecule has 1 amide bonds. The molecule has 1 unspecified atom stereocenters. The van der Waals surface area contributed by atoms with Gasteiger partial charge in [-0.15, -0.1) is 6.42 Å². The van der Waals surface area contributed by atoms with Gasteiger partial charge in [-0.25, -0.2) is 0 Å². The van der Waals surface area contributed by atoms with Gasteiger partial charge in [0.1, 0.15) is 6.54 Å². The Morgan fingerprint density at radius 1 is 1.43 bits per heavy atom. The van der Waals surface area contributed by atoms with E-state index in [0.717, 1.165) is 16.2 Å². The van der Waals surface area contributed by atoms with Gasteiger partial charge in [-0.05, 0) is 25.1 Å². The van der Waals surface area contributed by atoms with Crippen molar-refractivity contribution in [2.75, 3.05) is 33.9 Å². The molecule has 0 radical (unpaired) electrons. The number of rotatable bonds is 8. The monoisotopic (exact) mass is 291 g/mol. The third kappa shape index (κ3) is 5.76. The zero-order valence-electron chi connectivity index (χ0n) is 12.9. The van der Waals surface area contributed by atoms with Crippen molar-refractivity contribution in [1.29, 1.82) is 0 Å². The number of carbonyl (C=O) groups excluding carboxylic acids is 1. The highest BCUT2D eigenvalue weighted by Gasteiger charge is 2.12. The first-order valence-corrected chi connectivity index (χ1v) is 6.91. The second-order valence-corrected chi connectivity index (χ2v) is 4.71. The van der Waals surface area contributed by atoms with Gasteiger partial charge in [0.2, 0.25) is 0 Å². The summed E-state index contributed by atoms with van der Waals surface area (Å²) in [6.07, 6.45) is 5.10. The van der Waals surface area contributed by atoms with E-state index in [-0.39, 0.29) is 12.5 Å². The number of ether oxygens (including phenoxy) is 2. The second-order valence-electron chi connectivity index (χ2n) is 4.71. The molecule has 0 fully saturated rings. The molecule has 21 heavy (non-hydrogen) atoms. The molecule has 0 aliphatic heterocycles. The first-order chi connectivity index (χ1) is 10.1. The van der Waals surface area contributed by atoms with Crippen LogP contribution >= 0.6 is 0 Å². The predicted molar refractivity (Wildman–Crippen MR) is 81.5 cm³/mol. The van der Waals surface area contributed by atoms with Gasteiger partial charge in [0.15, 0.2) is 18.0 Å². The highest BCUT2D eigenvalue weighted by molar-refractivity contribution is 5.77. The van der Waals surface area contributed by atoms with Crippen molar-refractivity contribution < 1.29 is 19.2 Å². The number of hydrogen-bond acceptors (Lipinski definition) is 3. The molecule has 0 saturated carbocycles. The van der Waals surface area contributed by atoms with E-state index >= 15 is 0 Å². The fraction of sp³-hybridized carbons (Fsp3) is 0.438. The first kappa shape index (κ1) is 16.9. The molecule has 0 aliphatic carbocycles. The van der Waals surface area contributed by atoms with Crippen molar-refractivity contribution in [3.63, 3.8) is 0 Å². The lowest BCUT2D eigenvalue weighted by Crippen LogP contribution is -3.08. The van der Waals surface area contributed by atoms with Crippen molar-refractivity contribution in [2.24, 2.45) is 0 Å². The molecule has 5 heteroatoms. The number of terminal acetylenes is 1. The molecule has 1 rings (SSSR count). The highest BCUT2D eigenvalue weighted by Crippen LogP contribution is 2.27. The summed E-state index contributed by atoms with van der Waals surface area (Å²) in [6, 6.07) is 5.81. The quantitative estimate of drug-likeness (QED) is 0.656. The summed E-state index contributed by atoms with van der Waals surface area (Å²) in [4.78, 5) is 12.7. The maximum Gasteiger partial charge on any atom is 0.275 e. The van der Waals surface area contributed by atoms with Crippen LogP contribution in [0.4, 0.5) is 0 Å². The van der Waals surface area contributed by atoms with Crippen molar-refractivity contribution in [3.05, 3.63) is 23.8 Å². The van der Waals surface area contributed by atoms with Gasteiger partial charge in [-0.2, -0.15) is 0 Å². The van der Waals surface area contributed by atoms with Gasteiger partial charge in [0.25, 0.3) is 5.91 Å². The number of likely N-dealkylation sites (N-methyl/N-ethyl adjacent to an activating group) is 1. The topological polar surface area (TPSA) is 52.0 Å². The minimum absolute atomic E-state index is 0.0525. The zero-order chi connectivity index (χ0) is 15.7. The van der Waals surface area contributed by atoms with Crippen LogP contribution in [0.25, 0.3) is 0 Å². The number of carbonyl (C=O) groups is 1. The van der Waals surface area contributed by atoms with Crippen molar-refractivity contribution in [1.82, 2.24) is 5.32 Å². The van der Waals surface area contributed by atoms with E-state index < -0.39 is 0 Å². The number of methoxy groups -OCH3 is 1.